The van der Waals surface area contributed by atoms with E-state index in [1.807, 2.05) is 6.92 Å². The molecular weight excluding hydrogens is 337 g/mol. The van der Waals surface area contributed by atoms with Crippen LogP contribution in [0.2, 0.25) is 0 Å². The van der Waals surface area contributed by atoms with Crippen molar-refractivity contribution in [3.8, 4) is 0 Å². The topological polar surface area (TPSA) is 68.0 Å². The summed E-state index contributed by atoms with van der Waals surface area (Å²) in [5, 5.41) is 0. The zero-order valence-corrected chi connectivity index (χ0v) is 15.3. The SMILES string of the molecule is Cc1cc(F)ccc1C1CC(OCCN2CCOCC2)CCN1C(N)=O. The number of carbonyl (C=O) groups excluding carboxylic acids is 1. The zero-order chi connectivity index (χ0) is 18.5. The predicted octanol–water partition coefficient (Wildman–Crippen LogP) is 2.07. The second-order valence-corrected chi connectivity index (χ2v) is 7.02. The van der Waals surface area contributed by atoms with Crippen molar-refractivity contribution in [3.05, 3.63) is 35.1 Å². The molecule has 0 aromatic heterocycles. The number of ether oxygens (including phenoxy) is 2. The van der Waals surface area contributed by atoms with Crippen molar-refractivity contribution in [2.24, 2.45) is 5.73 Å². The molecule has 2 amide bonds. The fourth-order valence-corrected chi connectivity index (χ4v) is 3.83. The van der Waals surface area contributed by atoms with Gasteiger partial charge < -0.3 is 20.1 Å². The van der Waals surface area contributed by atoms with Gasteiger partial charge in [0.2, 0.25) is 0 Å². The number of hydrogen-bond acceptors (Lipinski definition) is 4. The van der Waals surface area contributed by atoms with Gasteiger partial charge in [0.05, 0.1) is 32.0 Å². The minimum absolute atomic E-state index is 0.0705. The molecule has 26 heavy (non-hydrogen) atoms. The van der Waals surface area contributed by atoms with Crippen LogP contribution in [0.4, 0.5) is 9.18 Å². The predicted molar refractivity (Wildman–Crippen MR) is 96.4 cm³/mol. The van der Waals surface area contributed by atoms with Gasteiger partial charge in [-0.1, -0.05) is 6.07 Å². The highest BCUT2D eigenvalue weighted by atomic mass is 19.1. The number of aryl methyl sites for hydroxylation is 1. The molecule has 2 fully saturated rings. The Hall–Kier alpha value is -1.70. The van der Waals surface area contributed by atoms with Gasteiger partial charge in [0.15, 0.2) is 0 Å². The third kappa shape index (κ3) is 4.72. The molecule has 2 N–H and O–H groups in total. The van der Waals surface area contributed by atoms with Crippen LogP contribution in [0, 0.1) is 12.7 Å². The molecule has 6 nitrogen and oxygen atoms in total. The Morgan fingerprint density at radius 1 is 1.35 bits per heavy atom. The summed E-state index contributed by atoms with van der Waals surface area (Å²) in [6, 6.07) is 4.07. The summed E-state index contributed by atoms with van der Waals surface area (Å²) in [4.78, 5) is 15.9. The van der Waals surface area contributed by atoms with Gasteiger partial charge in [-0.3, -0.25) is 4.90 Å². The molecular formula is C19H28FN3O3. The van der Waals surface area contributed by atoms with Crippen molar-refractivity contribution in [2.45, 2.75) is 31.9 Å². The number of nitrogens with two attached hydrogens (primary N) is 1. The molecule has 3 rings (SSSR count). The molecule has 1 aromatic rings. The molecule has 144 valence electrons. The van der Waals surface area contributed by atoms with E-state index in [9.17, 15) is 9.18 Å². The van der Waals surface area contributed by atoms with Crippen LogP contribution in [0.3, 0.4) is 0 Å². The number of hydrogen-bond donors (Lipinski definition) is 1. The Bertz CT molecular complexity index is 622. The summed E-state index contributed by atoms with van der Waals surface area (Å²) in [5.41, 5.74) is 7.34. The lowest BCUT2D eigenvalue weighted by Gasteiger charge is -2.39. The average molecular weight is 365 g/mol. The third-order valence-electron chi connectivity index (χ3n) is 5.29. The fraction of sp³-hybridized carbons (Fsp3) is 0.632. The molecule has 0 saturated carbocycles. The first-order valence-electron chi connectivity index (χ1n) is 9.28. The number of morpholine rings is 1. The van der Waals surface area contributed by atoms with Crippen LogP contribution in [0.5, 0.6) is 0 Å². The molecule has 2 atom stereocenters. The van der Waals surface area contributed by atoms with E-state index in [2.05, 4.69) is 4.90 Å². The number of likely N-dealkylation sites (tertiary alicyclic amines) is 1. The van der Waals surface area contributed by atoms with Gasteiger partial charge in [0.1, 0.15) is 5.82 Å². The van der Waals surface area contributed by atoms with E-state index in [-0.39, 0.29) is 18.0 Å². The first kappa shape index (κ1) is 19.1. The van der Waals surface area contributed by atoms with Gasteiger partial charge in [-0.25, -0.2) is 9.18 Å². The normalized spacial score (nSPS) is 24.6. The average Bonchev–Trinajstić information content (AvgIpc) is 2.62. The molecule has 0 aliphatic carbocycles. The van der Waals surface area contributed by atoms with E-state index in [1.165, 1.54) is 12.1 Å². The fourth-order valence-electron chi connectivity index (χ4n) is 3.83. The van der Waals surface area contributed by atoms with E-state index >= 15 is 0 Å². The van der Waals surface area contributed by atoms with Crippen LogP contribution in [0.25, 0.3) is 0 Å². The highest BCUT2D eigenvalue weighted by Gasteiger charge is 2.33. The van der Waals surface area contributed by atoms with Crippen LogP contribution >= 0.6 is 0 Å². The number of nitrogens with zero attached hydrogens (tertiary/aromatic N) is 2. The lowest BCUT2D eigenvalue weighted by molar-refractivity contribution is -0.0252. The lowest BCUT2D eigenvalue weighted by Crippen LogP contribution is -2.46. The minimum Gasteiger partial charge on any atom is -0.379 e. The number of primary amides is 1. The Morgan fingerprint density at radius 2 is 2.12 bits per heavy atom. The molecule has 2 aliphatic heterocycles. The van der Waals surface area contributed by atoms with Crippen molar-refractivity contribution in [1.29, 1.82) is 0 Å². The smallest absolute Gasteiger partial charge is 0.315 e. The maximum absolute atomic E-state index is 13.4. The summed E-state index contributed by atoms with van der Waals surface area (Å²) < 4.78 is 24.9. The second kappa shape index (κ2) is 8.79. The molecule has 0 bridgehead atoms. The Kier molecular flexibility index (Phi) is 6.45. The van der Waals surface area contributed by atoms with E-state index < -0.39 is 6.03 Å². The Balaban J connectivity index is 1.61. The van der Waals surface area contributed by atoms with E-state index in [0.717, 1.165) is 50.4 Å². The summed E-state index contributed by atoms with van der Waals surface area (Å²) >= 11 is 0. The maximum atomic E-state index is 13.4. The van der Waals surface area contributed by atoms with E-state index in [1.54, 1.807) is 11.0 Å². The molecule has 2 aliphatic rings. The highest BCUT2D eigenvalue weighted by molar-refractivity contribution is 5.73. The molecule has 2 saturated heterocycles. The molecule has 7 heteroatoms. The van der Waals surface area contributed by atoms with Crippen LogP contribution in [0.15, 0.2) is 18.2 Å². The van der Waals surface area contributed by atoms with Gasteiger partial charge in [0.25, 0.3) is 0 Å². The first-order valence-corrected chi connectivity index (χ1v) is 9.28. The quantitative estimate of drug-likeness (QED) is 0.867. The molecule has 2 heterocycles. The Morgan fingerprint density at radius 3 is 2.81 bits per heavy atom. The second-order valence-electron chi connectivity index (χ2n) is 7.02. The number of carbonyl (C=O) groups is 1. The van der Waals surface area contributed by atoms with Crippen LogP contribution in [-0.2, 0) is 9.47 Å². The zero-order valence-electron chi connectivity index (χ0n) is 15.3. The summed E-state index contributed by atoms with van der Waals surface area (Å²) in [6.45, 7) is 7.42. The third-order valence-corrected chi connectivity index (χ3v) is 5.29. The standard InChI is InChI=1S/C19H28FN3O3/c1-14-12-15(20)2-3-17(14)18-13-16(4-5-23(18)19(21)24)26-11-8-22-6-9-25-10-7-22/h2-3,12,16,18H,4-11,13H2,1H3,(H2,21,24). The van der Waals surface area contributed by atoms with E-state index in [4.69, 9.17) is 15.2 Å². The number of piperidine rings is 1. The van der Waals surface area contributed by atoms with Gasteiger partial charge in [-0.2, -0.15) is 0 Å². The van der Waals surface area contributed by atoms with Crippen LogP contribution < -0.4 is 5.73 Å². The van der Waals surface area contributed by atoms with Crippen molar-refractivity contribution < 1.29 is 18.7 Å². The van der Waals surface area contributed by atoms with Gasteiger partial charge >= 0.3 is 6.03 Å². The number of urea groups is 1. The summed E-state index contributed by atoms with van der Waals surface area (Å²) in [5.74, 6) is -0.272. The largest absolute Gasteiger partial charge is 0.379 e. The Labute approximate surface area is 154 Å². The minimum atomic E-state index is -0.439. The van der Waals surface area contributed by atoms with Crippen molar-refractivity contribution >= 4 is 6.03 Å². The highest BCUT2D eigenvalue weighted by Crippen LogP contribution is 2.34. The first-order chi connectivity index (χ1) is 12.5. The molecule has 0 spiro atoms. The monoisotopic (exact) mass is 365 g/mol. The molecule has 1 aromatic carbocycles. The number of halogens is 1. The number of benzene rings is 1. The molecule has 2 unspecified atom stereocenters. The van der Waals surface area contributed by atoms with Crippen LogP contribution in [-0.4, -0.2) is 67.9 Å². The van der Waals surface area contributed by atoms with Crippen molar-refractivity contribution in [2.75, 3.05) is 46.0 Å². The maximum Gasteiger partial charge on any atom is 0.315 e. The number of rotatable bonds is 5. The number of amides is 2. The molecule has 0 radical (unpaired) electrons. The summed E-state index contributed by atoms with van der Waals surface area (Å²) in [7, 11) is 0. The summed E-state index contributed by atoms with van der Waals surface area (Å²) in [6.07, 6.45) is 1.52. The van der Waals surface area contributed by atoms with Crippen molar-refractivity contribution in [3.63, 3.8) is 0 Å². The van der Waals surface area contributed by atoms with E-state index in [0.29, 0.717) is 19.6 Å². The van der Waals surface area contributed by atoms with Gasteiger partial charge in [-0.15, -0.1) is 0 Å². The van der Waals surface area contributed by atoms with Crippen LogP contribution in [0.1, 0.15) is 30.0 Å². The van der Waals surface area contributed by atoms with Crippen molar-refractivity contribution in [1.82, 2.24) is 9.80 Å². The lowest BCUT2D eigenvalue weighted by atomic mass is 9.91. The van der Waals surface area contributed by atoms with Gasteiger partial charge in [0, 0.05) is 26.2 Å². The van der Waals surface area contributed by atoms with Gasteiger partial charge in [-0.05, 0) is 43.0 Å².